The highest BCUT2D eigenvalue weighted by Crippen LogP contribution is 2.27. The molecule has 2 nitrogen and oxygen atoms in total. The molecule has 0 aromatic carbocycles. The summed E-state index contributed by atoms with van der Waals surface area (Å²) < 4.78 is 12.1. The lowest BCUT2D eigenvalue weighted by atomic mass is 9.98. The molecular weight excluding hydrogens is 212 g/mol. The maximum absolute atomic E-state index is 6.06. The SMILES string of the molecule is CCC(C)(C)OC(C)CC(C)(C)OC(C)(C)C. The van der Waals surface area contributed by atoms with Crippen LogP contribution in [-0.4, -0.2) is 22.9 Å². The second-order valence-electron chi connectivity index (χ2n) is 7.22. The van der Waals surface area contributed by atoms with Crippen LogP contribution in [-0.2, 0) is 9.47 Å². The van der Waals surface area contributed by atoms with Gasteiger partial charge in [-0.1, -0.05) is 6.92 Å². The Balaban J connectivity index is 4.32. The molecule has 0 aliphatic rings. The zero-order valence-electron chi connectivity index (χ0n) is 13.3. The van der Waals surface area contributed by atoms with Crippen molar-refractivity contribution >= 4 is 0 Å². The lowest BCUT2D eigenvalue weighted by Crippen LogP contribution is -2.39. The standard InChI is InChI=1S/C15H32O2/c1-10-14(6,7)16-12(2)11-15(8,9)17-13(3,4)5/h12H,10-11H2,1-9H3. The van der Waals surface area contributed by atoms with Gasteiger partial charge in [0.2, 0.25) is 0 Å². The normalized spacial score (nSPS) is 16.1. The van der Waals surface area contributed by atoms with Crippen LogP contribution < -0.4 is 0 Å². The molecule has 17 heavy (non-hydrogen) atoms. The van der Waals surface area contributed by atoms with Gasteiger partial charge in [-0.15, -0.1) is 0 Å². The Labute approximate surface area is 108 Å². The van der Waals surface area contributed by atoms with E-state index < -0.39 is 0 Å². The third-order valence-electron chi connectivity index (χ3n) is 2.73. The van der Waals surface area contributed by atoms with E-state index in [2.05, 4.69) is 62.3 Å². The molecule has 104 valence electrons. The molecule has 0 N–H and O–H groups in total. The molecular formula is C15H32O2. The summed E-state index contributed by atoms with van der Waals surface area (Å²) in [7, 11) is 0. The third-order valence-corrected chi connectivity index (χ3v) is 2.73. The molecule has 0 aliphatic carbocycles. The van der Waals surface area contributed by atoms with Gasteiger partial charge in [0, 0.05) is 6.42 Å². The lowest BCUT2D eigenvalue weighted by Gasteiger charge is -2.37. The van der Waals surface area contributed by atoms with E-state index in [1.807, 2.05) is 0 Å². The van der Waals surface area contributed by atoms with Gasteiger partial charge < -0.3 is 9.47 Å². The van der Waals surface area contributed by atoms with Crippen molar-refractivity contribution < 1.29 is 9.47 Å². The highest BCUT2D eigenvalue weighted by molar-refractivity contribution is 4.78. The molecule has 1 atom stereocenters. The minimum absolute atomic E-state index is 0.0444. The Morgan fingerprint density at radius 3 is 1.71 bits per heavy atom. The first-order valence-corrected chi connectivity index (χ1v) is 6.75. The monoisotopic (exact) mass is 244 g/mol. The van der Waals surface area contributed by atoms with Crippen LogP contribution in [0.2, 0.25) is 0 Å². The molecule has 0 spiro atoms. The summed E-state index contributed by atoms with van der Waals surface area (Å²) >= 11 is 0. The van der Waals surface area contributed by atoms with Crippen LogP contribution >= 0.6 is 0 Å². The van der Waals surface area contributed by atoms with Crippen LogP contribution in [0.25, 0.3) is 0 Å². The first-order valence-electron chi connectivity index (χ1n) is 6.75. The zero-order chi connectivity index (χ0) is 13.9. The van der Waals surface area contributed by atoms with Gasteiger partial charge in [-0.05, 0) is 61.8 Å². The van der Waals surface area contributed by atoms with Gasteiger partial charge in [0.1, 0.15) is 0 Å². The van der Waals surface area contributed by atoms with E-state index in [0.717, 1.165) is 12.8 Å². The molecule has 0 saturated carbocycles. The second kappa shape index (κ2) is 5.71. The first kappa shape index (κ1) is 16.9. The maximum Gasteiger partial charge on any atom is 0.0658 e. The largest absolute Gasteiger partial charge is 0.373 e. The van der Waals surface area contributed by atoms with E-state index in [-0.39, 0.29) is 22.9 Å². The quantitative estimate of drug-likeness (QED) is 0.681. The highest BCUT2D eigenvalue weighted by atomic mass is 16.5. The maximum atomic E-state index is 6.06. The van der Waals surface area contributed by atoms with Gasteiger partial charge in [0.25, 0.3) is 0 Å². The average molecular weight is 244 g/mol. The first-order chi connectivity index (χ1) is 7.37. The van der Waals surface area contributed by atoms with E-state index >= 15 is 0 Å². The minimum atomic E-state index is -0.151. The van der Waals surface area contributed by atoms with E-state index in [9.17, 15) is 0 Å². The summed E-state index contributed by atoms with van der Waals surface area (Å²) in [4.78, 5) is 0. The second-order valence-corrected chi connectivity index (χ2v) is 7.22. The summed E-state index contributed by atoms with van der Waals surface area (Å²) in [6.45, 7) is 19.1. The van der Waals surface area contributed by atoms with E-state index in [4.69, 9.17) is 9.47 Å². The van der Waals surface area contributed by atoms with Crippen molar-refractivity contribution in [2.24, 2.45) is 0 Å². The van der Waals surface area contributed by atoms with Crippen molar-refractivity contribution in [1.29, 1.82) is 0 Å². The van der Waals surface area contributed by atoms with Gasteiger partial charge in [-0.25, -0.2) is 0 Å². The molecule has 0 rings (SSSR count). The fraction of sp³-hybridized carbons (Fsp3) is 1.00. The molecule has 0 aromatic rings. The number of ether oxygens (including phenoxy) is 2. The van der Waals surface area contributed by atoms with Crippen LogP contribution in [0, 0.1) is 0 Å². The number of hydrogen-bond donors (Lipinski definition) is 0. The van der Waals surface area contributed by atoms with Crippen molar-refractivity contribution in [2.75, 3.05) is 0 Å². The van der Waals surface area contributed by atoms with Crippen LogP contribution in [0.5, 0.6) is 0 Å². The van der Waals surface area contributed by atoms with Gasteiger partial charge in [-0.3, -0.25) is 0 Å². The van der Waals surface area contributed by atoms with Crippen molar-refractivity contribution in [2.45, 2.75) is 98.1 Å². The van der Waals surface area contributed by atoms with E-state index in [1.165, 1.54) is 0 Å². The smallest absolute Gasteiger partial charge is 0.0658 e. The summed E-state index contributed by atoms with van der Waals surface area (Å²) in [5.41, 5.74) is -0.303. The predicted octanol–water partition coefficient (Wildman–Crippen LogP) is 4.56. The lowest BCUT2D eigenvalue weighted by molar-refractivity contribution is -0.149. The topological polar surface area (TPSA) is 18.5 Å². The zero-order valence-corrected chi connectivity index (χ0v) is 13.3. The fourth-order valence-electron chi connectivity index (χ4n) is 2.23. The van der Waals surface area contributed by atoms with Crippen LogP contribution in [0.4, 0.5) is 0 Å². The summed E-state index contributed by atoms with van der Waals surface area (Å²) in [5.74, 6) is 0. The summed E-state index contributed by atoms with van der Waals surface area (Å²) in [6.07, 6.45) is 2.15. The minimum Gasteiger partial charge on any atom is -0.373 e. The van der Waals surface area contributed by atoms with Crippen molar-refractivity contribution in [3.8, 4) is 0 Å². The summed E-state index contributed by atoms with van der Waals surface area (Å²) in [6, 6.07) is 0. The number of hydrogen-bond acceptors (Lipinski definition) is 2. The number of rotatable bonds is 6. The third kappa shape index (κ3) is 8.62. The molecule has 0 saturated heterocycles. The Hall–Kier alpha value is -0.0800. The van der Waals surface area contributed by atoms with Crippen LogP contribution in [0.3, 0.4) is 0 Å². The molecule has 0 fully saturated rings. The van der Waals surface area contributed by atoms with E-state index in [1.54, 1.807) is 0 Å². The van der Waals surface area contributed by atoms with Crippen LogP contribution in [0.15, 0.2) is 0 Å². The van der Waals surface area contributed by atoms with Gasteiger partial charge in [0.05, 0.1) is 22.9 Å². The highest BCUT2D eigenvalue weighted by Gasteiger charge is 2.30. The Kier molecular flexibility index (Phi) is 5.68. The molecule has 0 radical (unpaired) electrons. The molecule has 1 unspecified atom stereocenters. The van der Waals surface area contributed by atoms with Gasteiger partial charge in [-0.2, -0.15) is 0 Å². The Morgan fingerprint density at radius 1 is 0.882 bits per heavy atom. The molecule has 0 aromatic heterocycles. The Bertz CT molecular complexity index is 224. The summed E-state index contributed by atoms with van der Waals surface area (Å²) in [5, 5.41) is 0. The molecule has 0 heterocycles. The van der Waals surface area contributed by atoms with E-state index in [0.29, 0.717) is 0 Å². The predicted molar refractivity (Wildman–Crippen MR) is 74.5 cm³/mol. The molecule has 0 bridgehead atoms. The van der Waals surface area contributed by atoms with Gasteiger partial charge in [0.15, 0.2) is 0 Å². The van der Waals surface area contributed by atoms with Crippen LogP contribution in [0.1, 0.15) is 75.2 Å². The molecule has 0 aliphatic heterocycles. The molecule has 0 amide bonds. The average Bonchev–Trinajstić information content (AvgIpc) is 1.96. The molecule has 2 heteroatoms. The van der Waals surface area contributed by atoms with Gasteiger partial charge >= 0.3 is 0 Å². The van der Waals surface area contributed by atoms with Crippen molar-refractivity contribution in [3.63, 3.8) is 0 Å². The van der Waals surface area contributed by atoms with Crippen molar-refractivity contribution in [1.82, 2.24) is 0 Å². The van der Waals surface area contributed by atoms with Crippen molar-refractivity contribution in [3.05, 3.63) is 0 Å². The Morgan fingerprint density at radius 2 is 1.35 bits per heavy atom. The fourth-order valence-corrected chi connectivity index (χ4v) is 2.23.